The van der Waals surface area contributed by atoms with Gasteiger partial charge in [0.1, 0.15) is 5.69 Å². The maximum absolute atomic E-state index is 13.7. The van der Waals surface area contributed by atoms with Gasteiger partial charge in [0.25, 0.3) is 5.91 Å². The third-order valence-corrected chi connectivity index (χ3v) is 5.65. The number of rotatable bonds is 5. The fraction of sp³-hybridized carbons (Fsp3) is 0.120. The molecule has 4 aromatic rings. The first kappa shape index (κ1) is 22.6. The highest BCUT2D eigenvalue weighted by atomic mass is 19.2. The maximum Gasteiger partial charge on any atom is 0.262 e. The number of nitrogens with zero attached hydrogens (tertiary/aromatic N) is 1. The molecule has 1 amide bonds. The van der Waals surface area contributed by atoms with Gasteiger partial charge in [-0.2, -0.15) is 8.78 Å². The number of hydrogen-bond donors (Lipinski definition) is 1. The molecule has 0 fully saturated rings. The van der Waals surface area contributed by atoms with Crippen LogP contribution in [0.2, 0.25) is 0 Å². The number of nitrogens with one attached hydrogen (secondary N) is 1. The lowest BCUT2D eigenvalue weighted by atomic mass is 9.88. The molecule has 1 heterocycles. The van der Waals surface area contributed by atoms with E-state index in [0.717, 1.165) is 35.2 Å². The largest absolute Gasteiger partial charge is 0.477 e. The number of fused-ring (bicyclic) bond motifs is 3. The number of hydrogen-bond acceptors (Lipinski definition) is 4. The van der Waals surface area contributed by atoms with Crippen LogP contribution in [0.15, 0.2) is 53.1 Å². The van der Waals surface area contributed by atoms with Gasteiger partial charge in [-0.3, -0.25) is 4.79 Å². The maximum atomic E-state index is 13.7. The summed E-state index contributed by atoms with van der Waals surface area (Å²) in [5.74, 6) is -12.7. The molecule has 1 aliphatic rings. The Balaban J connectivity index is 1.28. The van der Waals surface area contributed by atoms with Gasteiger partial charge >= 0.3 is 0 Å². The second-order valence-electron chi connectivity index (χ2n) is 7.81. The van der Waals surface area contributed by atoms with Crippen molar-refractivity contribution in [3.8, 4) is 28.3 Å². The Morgan fingerprint density at radius 1 is 0.886 bits per heavy atom. The van der Waals surface area contributed by atoms with Crippen LogP contribution in [0.3, 0.4) is 0 Å². The third kappa shape index (κ3) is 4.01. The van der Waals surface area contributed by atoms with Crippen molar-refractivity contribution >= 4 is 11.6 Å². The second-order valence-corrected chi connectivity index (χ2v) is 7.81. The van der Waals surface area contributed by atoms with Gasteiger partial charge in [-0.25, -0.2) is 13.2 Å². The minimum Gasteiger partial charge on any atom is -0.477 e. The zero-order chi connectivity index (χ0) is 24.7. The Morgan fingerprint density at radius 3 is 2.26 bits per heavy atom. The average molecular weight is 486 g/mol. The van der Waals surface area contributed by atoms with Gasteiger partial charge in [0, 0.05) is 22.4 Å². The Hall–Kier alpha value is -4.21. The van der Waals surface area contributed by atoms with Crippen molar-refractivity contribution in [2.45, 2.75) is 12.8 Å². The second kappa shape index (κ2) is 8.86. The number of carbonyl (C=O) groups is 1. The van der Waals surface area contributed by atoms with Gasteiger partial charge in [0.05, 0.1) is 0 Å². The zero-order valence-electron chi connectivity index (χ0n) is 17.8. The van der Waals surface area contributed by atoms with Crippen LogP contribution in [0, 0.1) is 29.1 Å². The number of ether oxygens (including phenoxy) is 1. The Bertz CT molecular complexity index is 1420. The van der Waals surface area contributed by atoms with Crippen LogP contribution < -0.4 is 10.1 Å². The molecular formula is C25H15F5N2O3. The molecule has 0 saturated carbocycles. The molecule has 0 saturated heterocycles. The molecule has 0 aliphatic heterocycles. The standard InChI is InChI=1S/C25H15F5N2O3/c26-18-19(27)21(29)25(22(30)20(18)28)34-11-17(33)31-14-8-5-13(6-9-14)24-16-10-7-12-3-1-2-4-15(12)23(16)32-35-24/h1-6,8-9H,7,10-11H2,(H,31,33). The Kier molecular flexibility index (Phi) is 5.72. The number of aryl methyl sites for hydroxylation is 1. The van der Waals surface area contributed by atoms with E-state index in [0.29, 0.717) is 11.4 Å². The molecule has 35 heavy (non-hydrogen) atoms. The highest BCUT2D eigenvalue weighted by Crippen LogP contribution is 2.38. The monoisotopic (exact) mass is 486 g/mol. The van der Waals surface area contributed by atoms with Gasteiger partial charge < -0.3 is 14.6 Å². The highest BCUT2D eigenvalue weighted by molar-refractivity contribution is 5.92. The first-order valence-corrected chi connectivity index (χ1v) is 10.5. The minimum absolute atomic E-state index is 0.318. The first-order chi connectivity index (χ1) is 16.8. The summed E-state index contributed by atoms with van der Waals surface area (Å²) in [6, 6.07) is 14.5. The molecule has 3 aromatic carbocycles. The van der Waals surface area contributed by atoms with Gasteiger partial charge in [0.15, 0.2) is 18.1 Å². The molecule has 10 heteroatoms. The molecule has 0 unspecified atom stereocenters. The quantitative estimate of drug-likeness (QED) is 0.219. The molecule has 5 rings (SSSR count). The highest BCUT2D eigenvalue weighted by Gasteiger charge is 2.28. The fourth-order valence-electron chi connectivity index (χ4n) is 3.96. The number of carbonyl (C=O) groups excluding carboxylic acids is 1. The third-order valence-electron chi connectivity index (χ3n) is 5.65. The lowest BCUT2D eigenvalue weighted by Gasteiger charge is -2.14. The van der Waals surface area contributed by atoms with Crippen LogP contribution in [0.4, 0.5) is 27.6 Å². The molecule has 0 bridgehead atoms. The van der Waals surface area contributed by atoms with E-state index in [1.54, 1.807) is 24.3 Å². The molecule has 0 spiro atoms. The summed E-state index contributed by atoms with van der Waals surface area (Å²) in [4.78, 5) is 12.1. The van der Waals surface area contributed by atoms with Crippen molar-refractivity contribution in [3.05, 3.63) is 88.7 Å². The molecule has 1 aliphatic carbocycles. The summed E-state index contributed by atoms with van der Waals surface area (Å²) in [5, 5.41) is 6.65. The van der Waals surface area contributed by atoms with Gasteiger partial charge in [-0.1, -0.05) is 29.4 Å². The minimum atomic E-state index is -2.31. The molecular weight excluding hydrogens is 471 g/mol. The van der Waals surface area contributed by atoms with Crippen LogP contribution in [-0.2, 0) is 17.6 Å². The van der Waals surface area contributed by atoms with Crippen molar-refractivity contribution in [2.75, 3.05) is 11.9 Å². The molecule has 0 atom stereocenters. The zero-order valence-corrected chi connectivity index (χ0v) is 17.8. The smallest absolute Gasteiger partial charge is 0.262 e. The average Bonchev–Trinajstić information content (AvgIpc) is 3.31. The molecule has 5 nitrogen and oxygen atoms in total. The van der Waals surface area contributed by atoms with Crippen LogP contribution in [0.5, 0.6) is 5.75 Å². The van der Waals surface area contributed by atoms with Crippen molar-refractivity contribution in [3.63, 3.8) is 0 Å². The van der Waals surface area contributed by atoms with Gasteiger partial charge in [0.2, 0.25) is 29.1 Å². The molecule has 1 N–H and O–H groups in total. The van der Waals surface area contributed by atoms with Crippen molar-refractivity contribution in [2.24, 2.45) is 0 Å². The first-order valence-electron chi connectivity index (χ1n) is 10.5. The SMILES string of the molecule is O=C(COc1c(F)c(F)c(F)c(F)c1F)Nc1ccc(-c2onc3c2CCc2ccccc2-3)cc1. The number of halogens is 5. The normalized spacial score (nSPS) is 12.1. The predicted octanol–water partition coefficient (Wildman–Crippen LogP) is 5.82. The van der Waals surface area contributed by atoms with Crippen LogP contribution in [-0.4, -0.2) is 17.7 Å². The predicted molar refractivity (Wildman–Crippen MR) is 115 cm³/mol. The summed E-state index contributed by atoms with van der Waals surface area (Å²) in [7, 11) is 0. The van der Waals surface area contributed by atoms with Gasteiger partial charge in [-0.05, 0) is 42.7 Å². The summed E-state index contributed by atoms with van der Waals surface area (Å²) >= 11 is 0. The number of amides is 1. The van der Waals surface area contributed by atoms with E-state index in [4.69, 9.17) is 4.52 Å². The van der Waals surface area contributed by atoms with E-state index < -0.39 is 47.3 Å². The molecule has 178 valence electrons. The summed E-state index contributed by atoms with van der Waals surface area (Å²) in [5.41, 5.74) is 5.06. The summed E-state index contributed by atoms with van der Waals surface area (Å²) in [6.45, 7) is -0.977. The van der Waals surface area contributed by atoms with Crippen molar-refractivity contribution in [1.82, 2.24) is 5.16 Å². The van der Waals surface area contributed by atoms with E-state index in [1.807, 2.05) is 18.2 Å². The van der Waals surface area contributed by atoms with Crippen LogP contribution in [0.1, 0.15) is 11.1 Å². The Morgan fingerprint density at radius 2 is 1.54 bits per heavy atom. The topological polar surface area (TPSA) is 64.4 Å². The van der Waals surface area contributed by atoms with Crippen molar-refractivity contribution < 1.29 is 36.0 Å². The molecule has 1 aromatic heterocycles. The van der Waals surface area contributed by atoms with E-state index >= 15 is 0 Å². The van der Waals surface area contributed by atoms with Crippen LogP contribution >= 0.6 is 0 Å². The summed E-state index contributed by atoms with van der Waals surface area (Å²) < 4.78 is 77.1. The number of anilines is 1. The van der Waals surface area contributed by atoms with Crippen molar-refractivity contribution in [1.29, 1.82) is 0 Å². The van der Waals surface area contributed by atoms with Crippen LogP contribution in [0.25, 0.3) is 22.6 Å². The van der Waals surface area contributed by atoms with E-state index in [9.17, 15) is 26.7 Å². The van der Waals surface area contributed by atoms with E-state index in [1.165, 1.54) is 5.56 Å². The number of aromatic nitrogens is 1. The Labute approximate surface area is 195 Å². The summed E-state index contributed by atoms with van der Waals surface area (Å²) in [6.07, 6.45) is 1.62. The molecule has 0 radical (unpaired) electrons. The number of benzene rings is 3. The lowest BCUT2D eigenvalue weighted by molar-refractivity contribution is -0.118. The van der Waals surface area contributed by atoms with E-state index in [-0.39, 0.29) is 0 Å². The lowest BCUT2D eigenvalue weighted by Crippen LogP contribution is -2.21. The fourth-order valence-corrected chi connectivity index (χ4v) is 3.96. The van der Waals surface area contributed by atoms with E-state index in [2.05, 4.69) is 21.3 Å². The van der Waals surface area contributed by atoms with Gasteiger partial charge in [-0.15, -0.1) is 0 Å².